The number of halogens is 1. The molecule has 6 heteroatoms. The molecule has 0 aromatic heterocycles. The Kier molecular flexibility index (Phi) is 64.3. The Morgan fingerprint density at radius 2 is 1.14 bits per heavy atom. The van der Waals surface area contributed by atoms with Crippen molar-refractivity contribution in [2.75, 3.05) is 13.2 Å². The summed E-state index contributed by atoms with van der Waals surface area (Å²) in [5, 5.41) is 16.1. The molecular weight excluding hydrogens is 246 g/mol. The molecule has 0 aromatic rings. The second-order valence-electron chi connectivity index (χ2n) is 2.23. The summed E-state index contributed by atoms with van der Waals surface area (Å²) < 4.78 is 16.9. The SMILES string of the molecule is CCCCO.CCCCO.Cl.[O]=[V]=[O]. The predicted octanol–water partition coefficient (Wildman–Crippen LogP) is 1.74. The van der Waals surface area contributed by atoms with Gasteiger partial charge in [0.15, 0.2) is 0 Å². The van der Waals surface area contributed by atoms with Crippen LogP contribution < -0.4 is 0 Å². The normalized spacial score (nSPS) is 6.57. The molecule has 0 aromatic carbocycles. The second kappa shape index (κ2) is 37.6. The minimum absolute atomic E-state index is 0. The first kappa shape index (κ1) is 23.9. The van der Waals surface area contributed by atoms with Gasteiger partial charge in [-0.3, -0.25) is 0 Å². The molecule has 0 radical (unpaired) electrons. The first-order valence-corrected chi connectivity index (χ1v) is 5.55. The number of unbranched alkanes of at least 4 members (excludes halogenated alkanes) is 2. The summed E-state index contributed by atoms with van der Waals surface area (Å²) in [5.41, 5.74) is 0. The van der Waals surface area contributed by atoms with Crippen molar-refractivity contribution in [2.45, 2.75) is 39.5 Å². The molecule has 0 unspecified atom stereocenters. The van der Waals surface area contributed by atoms with Crippen LogP contribution >= 0.6 is 12.4 Å². The van der Waals surface area contributed by atoms with Crippen molar-refractivity contribution >= 4 is 12.4 Å². The predicted molar refractivity (Wildman–Crippen MR) is 52.6 cm³/mol. The molecular formula is C8H21ClO4V. The van der Waals surface area contributed by atoms with Crippen LogP contribution in [0.3, 0.4) is 0 Å². The summed E-state index contributed by atoms with van der Waals surface area (Å²) in [6.07, 6.45) is 4.08. The molecule has 0 bridgehead atoms. The van der Waals surface area contributed by atoms with Gasteiger partial charge in [0.2, 0.25) is 0 Å². The van der Waals surface area contributed by atoms with Gasteiger partial charge >= 0.3 is 23.5 Å². The standard InChI is InChI=1S/2C4H10O.ClH.2O.V/c2*1-2-3-4-5;;;;/h2*5H,2-4H2,1H3;1H;;;. The van der Waals surface area contributed by atoms with E-state index >= 15 is 0 Å². The Morgan fingerprint density at radius 1 is 0.929 bits per heavy atom. The van der Waals surface area contributed by atoms with Gasteiger partial charge in [-0.15, -0.1) is 12.4 Å². The summed E-state index contributed by atoms with van der Waals surface area (Å²) >= 11 is -1.81. The minimum atomic E-state index is -1.81. The van der Waals surface area contributed by atoms with E-state index in [2.05, 4.69) is 13.8 Å². The van der Waals surface area contributed by atoms with Gasteiger partial charge in [-0.2, -0.15) is 0 Å². The summed E-state index contributed by atoms with van der Waals surface area (Å²) in [5.74, 6) is 0. The molecule has 0 saturated heterocycles. The fourth-order valence-electron chi connectivity index (χ4n) is 0.316. The molecule has 0 atom stereocenters. The zero-order valence-electron chi connectivity index (χ0n) is 8.81. The first-order valence-electron chi connectivity index (χ1n) is 4.41. The van der Waals surface area contributed by atoms with Crippen molar-refractivity contribution < 1.29 is 33.7 Å². The van der Waals surface area contributed by atoms with Gasteiger partial charge in [0.25, 0.3) is 0 Å². The topological polar surface area (TPSA) is 74.6 Å². The van der Waals surface area contributed by atoms with Crippen molar-refractivity contribution in [1.29, 1.82) is 0 Å². The van der Waals surface area contributed by atoms with E-state index in [-0.39, 0.29) is 12.4 Å². The van der Waals surface area contributed by atoms with Crippen molar-refractivity contribution in [1.82, 2.24) is 0 Å². The van der Waals surface area contributed by atoms with E-state index in [0.717, 1.165) is 25.7 Å². The Bertz CT molecular complexity index is 87.3. The van der Waals surface area contributed by atoms with Crippen molar-refractivity contribution in [3.05, 3.63) is 0 Å². The molecule has 0 aliphatic heterocycles. The van der Waals surface area contributed by atoms with Crippen LogP contribution in [-0.4, -0.2) is 23.4 Å². The fourth-order valence-corrected chi connectivity index (χ4v) is 0.316. The Labute approximate surface area is 99.0 Å². The summed E-state index contributed by atoms with van der Waals surface area (Å²) in [7, 11) is 0. The monoisotopic (exact) mass is 267 g/mol. The second-order valence-corrected chi connectivity index (χ2v) is 2.46. The van der Waals surface area contributed by atoms with Crippen molar-refractivity contribution in [2.24, 2.45) is 0 Å². The van der Waals surface area contributed by atoms with Gasteiger partial charge in [-0.05, 0) is 12.8 Å². The summed E-state index contributed by atoms with van der Waals surface area (Å²) in [6.45, 7) is 4.79. The number of hydrogen-bond donors (Lipinski definition) is 2. The maximum atomic E-state index is 8.47. The van der Waals surface area contributed by atoms with Gasteiger partial charge in [0, 0.05) is 13.2 Å². The molecule has 4 nitrogen and oxygen atoms in total. The number of hydrogen-bond acceptors (Lipinski definition) is 4. The van der Waals surface area contributed by atoms with Gasteiger partial charge < -0.3 is 10.2 Å². The third-order valence-corrected chi connectivity index (χ3v) is 1.02. The van der Waals surface area contributed by atoms with E-state index in [1.54, 1.807) is 0 Å². The van der Waals surface area contributed by atoms with E-state index < -0.39 is 16.2 Å². The number of rotatable bonds is 4. The Balaban J connectivity index is -0.0000000535. The van der Waals surface area contributed by atoms with Gasteiger partial charge in [-0.1, -0.05) is 26.7 Å². The van der Waals surface area contributed by atoms with E-state index in [1.165, 1.54) is 0 Å². The Morgan fingerprint density at radius 3 is 1.14 bits per heavy atom. The quantitative estimate of drug-likeness (QED) is 0.814. The van der Waals surface area contributed by atoms with E-state index in [9.17, 15) is 0 Å². The fraction of sp³-hybridized carbons (Fsp3) is 1.00. The molecule has 2 N–H and O–H groups in total. The van der Waals surface area contributed by atoms with Crippen LogP contribution in [0, 0.1) is 0 Å². The van der Waals surface area contributed by atoms with E-state index in [4.69, 9.17) is 17.6 Å². The third-order valence-electron chi connectivity index (χ3n) is 1.02. The zero-order valence-corrected chi connectivity index (χ0v) is 11.0. The molecule has 0 amide bonds. The summed E-state index contributed by atoms with van der Waals surface area (Å²) in [4.78, 5) is 0. The molecule has 89 valence electrons. The number of aliphatic hydroxyl groups excluding tert-OH is 2. The van der Waals surface area contributed by atoms with Crippen LogP contribution in [0.5, 0.6) is 0 Å². The molecule has 0 aliphatic rings. The Hall–Kier alpha value is 0.394. The van der Waals surface area contributed by atoms with Crippen LogP contribution in [0.25, 0.3) is 0 Å². The van der Waals surface area contributed by atoms with Crippen LogP contribution in [0.15, 0.2) is 0 Å². The van der Waals surface area contributed by atoms with Crippen LogP contribution in [-0.2, 0) is 23.5 Å². The van der Waals surface area contributed by atoms with Crippen LogP contribution in [0.4, 0.5) is 0 Å². The summed E-state index contributed by atoms with van der Waals surface area (Å²) in [6, 6.07) is 0. The molecule has 0 heterocycles. The maximum absolute atomic E-state index is 8.47. The van der Waals surface area contributed by atoms with Gasteiger partial charge in [0.05, 0.1) is 0 Å². The zero-order chi connectivity index (χ0) is 10.9. The van der Waals surface area contributed by atoms with Gasteiger partial charge in [0.1, 0.15) is 0 Å². The molecule has 0 rings (SSSR count). The molecule has 14 heavy (non-hydrogen) atoms. The van der Waals surface area contributed by atoms with Crippen LogP contribution in [0.1, 0.15) is 39.5 Å². The van der Waals surface area contributed by atoms with Crippen LogP contribution in [0.2, 0.25) is 0 Å². The molecule has 0 spiro atoms. The molecule has 0 saturated carbocycles. The van der Waals surface area contributed by atoms with Crippen molar-refractivity contribution in [3.8, 4) is 0 Å². The molecule has 0 fully saturated rings. The van der Waals surface area contributed by atoms with E-state index in [0.29, 0.717) is 13.2 Å². The third kappa shape index (κ3) is 83.3. The van der Waals surface area contributed by atoms with Gasteiger partial charge in [-0.25, -0.2) is 0 Å². The average molecular weight is 268 g/mol. The molecule has 0 aliphatic carbocycles. The average Bonchev–Trinajstić information content (AvgIpc) is 2.09. The van der Waals surface area contributed by atoms with E-state index in [1.807, 2.05) is 0 Å². The first-order chi connectivity index (χ1) is 6.24. The van der Waals surface area contributed by atoms with Crippen molar-refractivity contribution in [3.63, 3.8) is 0 Å². The number of aliphatic hydroxyl groups is 2.